The molecule has 0 unspecified atom stereocenters. The molecule has 0 aliphatic rings. The van der Waals surface area contributed by atoms with Gasteiger partial charge in [-0.25, -0.2) is 0 Å². The maximum absolute atomic E-state index is 6.09. The predicted molar refractivity (Wildman–Crippen MR) is 125 cm³/mol. The summed E-state index contributed by atoms with van der Waals surface area (Å²) >= 11 is 0. The molecule has 0 spiro atoms. The monoisotopic (exact) mass is 385 g/mol. The zero-order valence-corrected chi connectivity index (χ0v) is 16.6. The summed E-state index contributed by atoms with van der Waals surface area (Å²) in [4.78, 5) is 4.56. The van der Waals surface area contributed by atoms with Gasteiger partial charge in [0.15, 0.2) is 0 Å². The minimum Gasteiger partial charge on any atom is -0.456 e. The van der Waals surface area contributed by atoms with Crippen molar-refractivity contribution in [2.45, 2.75) is 6.92 Å². The lowest BCUT2D eigenvalue weighted by Gasteiger charge is -2.10. The molecule has 0 bridgehead atoms. The molecule has 2 heteroatoms. The van der Waals surface area contributed by atoms with E-state index >= 15 is 0 Å². The molecule has 0 fully saturated rings. The van der Waals surface area contributed by atoms with E-state index in [-0.39, 0.29) is 0 Å². The maximum atomic E-state index is 6.09. The highest BCUT2D eigenvalue weighted by Gasteiger charge is 2.13. The lowest BCUT2D eigenvalue weighted by molar-refractivity contribution is 0.669. The molecule has 6 aromatic rings. The van der Waals surface area contributed by atoms with E-state index in [2.05, 4.69) is 84.7 Å². The summed E-state index contributed by atoms with van der Waals surface area (Å²) in [5.41, 5.74) is 7.60. The van der Waals surface area contributed by atoms with Gasteiger partial charge in [0.05, 0.1) is 5.69 Å². The number of hydrogen-bond donors (Lipinski definition) is 0. The number of hydrogen-bond acceptors (Lipinski definition) is 2. The molecule has 2 nitrogen and oxygen atoms in total. The molecule has 142 valence electrons. The number of nitrogens with zero attached hydrogens (tertiary/aromatic N) is 1. The summed E-state index contributed by atoms with van der Waals surface area (Å²) in [7, 11) is 0. The highest BCUT2D eigenvalue weighted by molar-refractivity contribution is 6.20. The number of benzene rings is 4. The minimum atomic E-state index is 0.929. The largest absolute Gasteiger partial charge is 0.456 e. The maximum Gasteiger partial charge on any atom is 0.136 e. The van der Waals surface area contributed by atoms with Crippen LogP contribution in [0.25, 0.3) is 55.1 Å². The molecule has 0 N–H and O–H groups in total. The molecule has 0 aliphatic heterocycles. The van der Waals surface area contributed by atoms with Gasteiger partial charge in [0.2, 0.25) is 0 Å². The number of fused-ring (bicyclic) bond motifs is 5. The van der Waals surface area contributed by atoms with Crippen molar-refractivity contribution < 1.29 is 4.42 Å². The highest BCUT2D eigenvalue weighted by Crippen LogP contribution is 2.38. The zero-order valence-electron chi connectivity index (χ0n) is 16.6. The van der Waals surface area contributed by atoms with Crippen LogP contribution in [0.2, 0.25) is 0 Å². The van der Waals surface area contributed by atoms with Crippen molar-refractivity contribution in [1.82, 2.24) is 4.98 Å². The fourth-order valence-electron chi connectivity index (χ4n) is 4.37. The molecule has 2 aromatic heterocycles. The second kappa shape index (κ2) is 6.57. The van der Waals surface area contributed by atoms with Crippen molar-refractivity contribution in [2.75, 3.05) is 0 Å². The fourth-order valence-corrected chi connectivity index (χ4v) is 4.37. The lowest BCUT2D eigenvalue weighted by atomic mass is 9.94. The van der Waals surface area contributed by atoms with E-state index < -0.39 is 0 Å². The molecule has 30 heavy (non-hydrogen) atoms. The van der Waals surface area contributed by atoms with Crippen molar-refractivity contribution in [3.8, 4) is 22.4 Å². The lowest BCUT2D eigenvalue weighted by Crippen LogP contribution is -1.87. The smallest absolute Gasteiger partial charge is 0.136 e. The third-order valence-corrected chi connectivity index (χ3v) is 5.78. The Morgan fingerprint density at radius 2 is 1.47 bits per heavy atom. The Labute approximate surface area is 174 Å². The van der Waals surface area contributed by atoms with Crippen LogP contribution in [-0.2, 0) is 0 Å². The Morgan fingerprint density at radius 1 is 0.633 bits per heavy atom. The van der Waals surface area contributed by atoms with E-state index in [1.54, 1.807) is 0 Å². The van der Waals surface area contributed by atoms with Gasteiger partial charge in [0.25, 0.3) is 0 Å². The first-order chi connectivity index (χ1) is 14.8. The van der Waals surface area contributed by atoms with Crippen molar-refractivity contribution in [3.63, 3.8) is 0 Å². The van der Waals surface area contributed by atoms with Gasteiger partial charge < -0.3 is 4.42 Å². The Bertz CT molecular complexity index is 1560. The third-order valence-electron chi connectivity index (χ3n) is 5.78. The van der Waals surface area contributed by atoms with Crippen LogP contribution in [0.3, 0.4) is 0 Å². The number of furan rings is 1. The molecule has 0 saturated carbocycles. The molecule has 2 heterocycles. The van der Waals surface area contributed by atoms with Crippen LogP contribution >= 0.6 is 0 Å². The van der Waals surface area contributed by atoms with Crippen molar-refractivity contribution in [2.24, 2.45) is 0 Å². The second-order valence-corrected chi connectivity index (χ2v) is 7.74. The molecule has 4 aromatic carbocycles. The van der Waals surface area contributed by atoms with Gasteiger partial charge in [0, 0.05) is 22.5 Å². The van der Waals surface area contributed by atoms with Gasteiger partial charge in [-0.15, -0.1) is 0 Å². The van der Waals surface area contributed by atoms with Crippen LogP contribution in [-0.4, -0.2) is 4.98 Å². The molecule has 0 atom stereocenters. The molecule has 6 rings (SSSR count). The summed E-state index contributed by atoms with van der Waals surface area (Å²) in [6.07, 6.45) is 1.87. The average molecular weight is 385 g/mol. The van der Waals surface area contributed by atoms with Gasteiger partial charge in [-0.1, -0.05) is 60.7 Å². The molecule has 0 saturated heterocycles. The number of aromatic nitrogens is 1. The first-order valence-corrected chi connectivity index (χ1v) is 10.1. The molecular weight excluding hydrogens is 366 g/mol. The minimum absolute atomic E-state index is 0.929. The van der Waals surface area contributed by atoms with Gasteiger partial charge in [-0.2, -0.15) is 0 Å². The zero-order chi connectivity index (χ0) is 20.1. The normalized spacial score (nSPS) is 11.5. The van der Waals surface area contributed by atoms with Crippen LogP contribution in [0.1, 0.15) is 5.56 Å². The Kier molecular flexibility index (Phi) is 3.72. The molecular formula is C28H19NO. The predicted octanol–water partition coefficient (Wildman–Crippen LogP) is 7.78. The second-order valence-electron chi connectivity index (χ2n) is 7.74. The number of aryl methyl sites for hydroxylation is 1. The van der Waals surface area contributed by atoms with Gasteiger partial charge >= 0.3 is 0 Å². The first-order valence-electron chi connectivity index (χ1n) is 10.1. The number of rotatable bonds is 2. The van der Waals surface area contributed by atoms with Crippen molar-refractivity contribution >= 4 is 32.7 Å². The summed E-state index contributed by atoms with van der Waals surface area (Å²) in [5.74, 6) is 0. The third kappa shape index (κ3) is 2.61. The Balaban J connectivity index is 1.60. The summed E-state index contributed by atoms with van der Waals surface area (Å²) < 4.78 is 6.09. The fraction of sp³-hybridized carbons (Fsp3) is 0.0357. The van der Waals surface area contributed by atoms with Crippen LogP contribution in [0.4, 0.5) is 0 Å². The highest BCUT2D eigenvalue weighted by atomic mass is 16.3. The van der Waals surface area contributed by atoms with Crippen molar-refractivity contribution in [3.05, 3.63) is 103 Å². The number of para-hydroxylation sites is 1. The van der Waals surface area contributed by atoms with E-state index in [4.69, 9.17) is 4.42 Å². The standard InChI is InChI=1S/C28H19NO/c1-18-14-15-29-25(16-18)20-7-4-6-19(17-20)21-9-5-10-23-22(21)12-13-27-28(23)24-8-2-3-11-26(24)30-27/h2-17H,1H3. The quantitative estimate of drug-likeness (QED) is 0.304. The number of pyridine rings is 1. The summed E-state index contributed by atoms with van der Waals surface area (Å²) in [5, 5.41) is 4.79. The molecule has 0 amide bonds. The van der Waals surface area contributed by atoms with Crippen LogP contribution in [0.15, 0.2) is 102 Å². The SMILES string of the molecule is Cc1ccnc(-c2cccc(-c3cccc4c3ccc3oc5ccccc5c34)c2)c1. The van der Waals surface area contributed by atoms with E-state index in [0.29, 0.717) is 0 Å². The van der Waals surface area contributed by atoms with Gasteiger partial charge in [0.1, 0.15) is 11.2 Å². The van der Waals surface area contributed by atoms with Crippen molar-refractivity contribution in [1.29, 1.82) is 0 Å². The average Bonchev–Trinajstić information content (AvgIpc) is 3.18. The Morgan fingerprint density at radius 3 is 2.40 bits per heavy atom. The van der Waals surface area contributed by atoms with E-state index in [0.717, 1.165) is 27.8 Å². The van der Waals surface area contributed by atoms with Gasteiger partial charge in [-0.3, -0.25) is 4.98 Å². The van der Waals surface area contributed by atoms with Crippen LogP contribution < -0.4 is 0 Å². The van der Waals surface area contributed by atoms with Crippen LogP contribution in [0.5, 0.6) is 0 Å². The van der Waals surface area contributed by atoms with E-state index in [1.165, 1.54) is 32.8 Å². The van der Waals surface area contributed by atoms with Gasteiger partial charge in [-0.05, 0) is 64.7 Å². The van der Waals surface area contributed by atoms with E-state index in [9.17, 15) is 0 Å². The summed E-state index contributed by atoms with van der Waals surface area (Å²) in [6.45, 7) is 2.10. The summed E-state index contributed by atoms with van der Waals surface area (Å²) in [6, 6.07) is 31.8. The molecule has 0 aliphatic carbocycles. The topological polar surface area (TPSA) is 26.0 Å². The Hall–Kier alpha value is -3.91. The van der Waals surface area contributed by atoms with Crippen LogP contribution in [0, 0.1) is 6.92 Å². The molecule has 0 radical (unpaired) electrons. The van der Waals surface area contributed by atoms with E-state index in [1.807, 2.05) is 24.4 Å². The first kappa shape index (κ1) is 17.0.